The maximum absolute atomic E-state index is 3.58. The van der Waals surface area contributed by atoms with Crippen LogP contribution < -0.4 is 5.43 Å². The van der Waals surface area contributed by atoms with Crippen molar-refractivity contribution in [1.82, 2.24) is 15.3 Å². The smallest absolute Gasteiger partial charge is 0.0602 e. The molecule has 138 valence electrons. The molecule has 27 heavy (non-hydrogen) atoms. The van der Waals surface area contributed by atoms with Crippen LogP contribution in [0.1, 0.15) is 22.7 Å². The van der Waals surface area contributed by atoms with Crippen LogP contribution in [0.15, 0.2) is 91.0 Å². The Kier molecular flexibility index (Phi) is 5.95. The third kappa shape index (κ3) is 4.64. The van der Waals surface area contributed by atoms with Gasteiger partial charge in [0.25, 0.3) is 0 Å². The molecule has 1 aliphatic rings. The van der Waals surface area contributed by atoms with Crippen molar-refractivity contribution < 1.29 is 0 Å². The number of nitrogens with one attached hydrogen (secondary N) is 1. The molecule has 0 aromatic heterocycles. The van der Waals surface area contributed by atoms with E-state index in [9.17, 15) is 0 Å². The highest BCUT2D eigenvalue weighted by atomic mass is 15.5. The van der Waals surface area contributed by atoms with Crippen molar-refractivity contribution in [2.75, 3.05) is 26.2 Å². The molecule has 0 bridgehead atoms. The van der Waals surface area contributed by atoms with Gasteiger partial charge in [0.1, 0.15) is 0 Å². The molecular weight excluding hydrogens is 330 g/mol. The zero-order valence-electron chi connectivity index (χ0n) is 15.7. The molecule has 0 saturated carbocycles. The summed E-state index contributed by atoms with van der Waals surface area (Å²) in [5, 5.41) is 2.36. The largest absolute Gasteiger partial charge is 0.290 e. The van der Waals surface area contributed by atoms with Crippen molar-refractivity contribution in [3.05, 3.63) is 108 Å². The van der Waals surface area contributed by atoms with Crippen molar-refractivity contribution in [3.63, 3.8) is 0 Å². The van der Waals surface area contributed by atoms with Gasteiger partial charge in [-0.05, 0) is 16.7 Å². The molecule has 0 atom stereocenters. The van der Waals surface area contributed by atoms with Crippen LogP contribution in [0, 0.1) is 0 Å². The van der Waals surface area contributed by atoms with Gasteiger partial charge < -0.3 is 0 Å². The molecule has 0 aliphatic carbocycles. The fourth-order valence-corrected chi connectivity index (χ4v) is 3.82. The van der Waals surface area contributed by atoms with Crippen molar-refractivity contribution in [1.29, 1.82) is 0 Å². The third-order valence-corrected chi connectivity index (χ3v) is 5.26. The lowest BCUT2D eigenvalue weighted by atomic mass is 9.96. The van der Waals surface area contributed by atoms with Gasteiger partial charge in [-0.3, -0.25) is 10.3 Å². The molecule has 1 aliphatic heterocycles. The Labute approximate surface area is 162 Å². The maximum atomic E-state index is 3.58. The molecular formula is C24H27N3. The van der Waals surface area contributed by atoms with Gasteiger partial charge >= 0.3 is 0 Å². The van der Waals surface area contributed by atoms with Crippen LogP contribution >= 0.6 is 0 Å². The molecule has 0 amide bonds. The summed E-state index contributed by atoms with van der Waals surface area (Å²) in [6, 6.07) is 32.7. The van der Waals surface area contributed by atoms with E-state index in [0.717, 1.165) is 32.7 Å². The van der Waals surface area contributed by atoms with Crippen LogP contribution in [-0.2, 0) is 6.54 Å². The molecule has 3 heteroatoms. The summed E-state index contributed by atoms with van der Waals surface area (Å²) in [6.45, 7) is 5.06. The minimum absolute atomic E-state index is 0.323. The summed E-state index contributed by atoms with van der Waals surface area (Å²) in [5.74, 6) is 0. The highest BCUT2D eigenvalue weighted by Gasteiger charge is 2.26. The summed E-state index contributed by atoms with van der Waals surface area (Å²) in [6.07, 6.45) is 0. The van der Waals surface area contributed by atoms with E-state index in [1.54, 1.807) is 0 Å². The lowest BCUT2D eigenvalue weighted by Gasteiger charge is -2.40. The van der Waals surface area contributed by atoms with E-state index < -0.39 is 0 Å². The highest BCUT2D eigenvalue weighted by molar-refractivity contribution is 5.32. The van der Waals surface area contributed by atoms with E-state index in [2.05, 4.69) is 106 Å². The van der Waals surface area contributed by atoms with Crippen LogP contribution in [0.25, 0.3) is 0 Å². The predicted octanol–water partition coefficient (Wildman–Crippen LogP) is 4.10. The number of nitrogens with zero attached hydrogens (tertiary/aromatic N) is 2. The first-order chi connectivity index (χ1) is 13.4. The number of piperazine rings is 1. The van der Waals surface area contributed by atoms with Gasteiger partial charge in [-0.25, -0.2) is 5.01 Å². The molecule has 1 N–H and O–H groups in total. The van der Waals surface area contributed by atoms with Crippen LogP contribution in [-0.4, -0.2) is 36.1 Å². The van der Waals surface area contributed by atoms with E-state index in [-0.39, 0.29) is 0 Å². The van der Waals surface area contributed by atoms with Gasteiger partial charge in [0, 0.05) is 32.7 Å². The molecule has 1 heterocycles. The van der Waals surface area contributed by atoms with Crippen molar-refractivity contribution in [3.8, 4) is 0 Å². The van der Waals surface area contributed by atoms with Crippen molar-refractivity contribution in [2.24, 2.45) is 0 Å². The molecule has 3 aromatic rings. The van der Waals surface area contributed by atoms with Gasteiger partial charge in [0.05, 0.1) is 6.04 Å². The Balaban J connectivity index is 1.41. The average Bonchev–Trinajstić information content (AvgIpc) is 2.76. The highest BCUT2D eigenvalue weighted by Crippen LogP contribution is 2.29. The molecule has 1 saturated heterocycles. The van der Waals surface area contributed by atoms with Crippen LogP contribution in [0.5, 0.6) is 0 Å². The van der Waals surface area contributed by atoms with Crippen molar-refractivity contribution >= 4 is 0 Å². The Morgan fingerprint density at radius 1 is 0.630 bits per heavy atom. The van der Waals surface area contributed by atoms with Gasteiger partial charge in [0.2, 0.25) is 0 Å². The summed E-state index contributed by atoms with van der Waals surface area (Å²) in [7, 11) is 0. The van der Waals surface area contributed by atoms with Gasteiger partial charge in [-0.2, -0.15) is 0 Å². The summed E-state index contributed by atoms with van der Waals surface area (Å²) in [5.41, 5.74) is 7.65. The molecule has 3 aromatic carbocycles. The van der Waals surface area contributed by atoms with E-state index in [1.807, 2.05) is 0 Å². The standard InChI is InChI=1S/C24H27N3/c1-4-10-21(11-5-1)20-25-27-18-16-26(17-19-27)24(22-12-6-2-7-13-22)23-14-8-3-9-15-23/h1-15,24-25H,16-20H2. The predicted molar refractivity (Wildman–Crippen MR) is 111 cm³/mol. The fourth-order valence-electron chi connectivity index (χ4n) is 3.82. The molecule has 0 unspecified atom stereocenters. The van der Waals surface area contributed by atoms with Gasteiger partial charge in [0.15, 0.2) is 0 Å². The third-order valence-electron chi connectivity index (χ3n) is 5.26. The Hall–Kier alpha value is -2.46. The Bertz CT molecular complexity index is 757. The summed E-state index contributed by atoms with van der Waals surface area (Å²) < 4.78 is 0. The summed E-state index contributed by atoms with van der Waals surface area (Å²) >= 11 is 0. The topological polar surface area (TPSA) is 18.5 Å². The Morgan fingerprint density at radius 3 is 1.63 bits per heavy atom. The van der Waals surface area contributed by atoms with Crippen LogP contribution in [0.4, 0.5) is 0 Å². The molecule has 1 fully saturated rings. The number of hydrazine groups is 1. The average molecular weight is 358 g/mol. The fraction of sp³-hybridized carbons (Fsp3) is 0.250. The Morgan fingerprint density at radius 2 is 1.11 bits per heavy atom. The number of hydrogen-bond donors (Lipinski definition) is 1. The normalized spacial score (nSPS) is 15.9. The monoisotopic (exact) mass is 357 g/mol. The second kappa shape index (κ2) is 8.96. The van der Waals surface area contributed by atoms with Gasteiger partial charge in [-0.1, -0.05) is 91.0 Å². The van der Waals surface area contributed by atoms with E-state index in [4.69, 9.17) is 0 Å². The number of benzene rings is 3. The lowest BCUT2D eigenvalue weighted by Crippen LogP contribution is -2.52. The van der Waals surface area contributed by atoms with Crippen LogP contribution in [0.2, 0.25) is 0 Å². The van der Waals surface area contributed by atoms with E-state index >= 15 is 0 Å². The zero-order chi connectivity index (χ0) is 18.3. The quantitative estimate of drug-likeness (QED) is 0.717. The first-order valence-electron chi connectivity index (χ1n) is 9.76. The molecule has 4 rings (SSSR count). The molecule has 0 spiro atoms. The molecule has 0 radical (unpaired) electrons. The van der Waals surface area contributed by atoms with E-state index in [0.29, 0.717) is 6.04 Å². The SMILES string of the molecule is c1ccc(CNN2CCN(C(c3ccccc3)c3ccccc3)CC2)cc1. The zero-order valence-corrected chi connectivity index (χ0v) is 15.7. The molecule has 3 nitrogen and oxygen atoms in total. The van der Waals surface area contributed by atoms with Crippen molar-refractivity contribution in [2.45, 2.75) is 12.6 Å². The first kappa shape index (κ1) is 17.9. The number of hydrogen-bond acceptors (Lipinski definition) is 3. The minimum Gasteiger partial charge on any atom is -0.290 e. The summed E-state index contributed by atoms with van der Waals surface area (Å²) in [4.78, 5) is 2.60. The van der Waals surface area contributed by atoms with Crippen LogP contribution in [0.3, 0.4) is 0 Å². The second-order valence-electron chi connectivity index (χ2n) is 7.07. The second-order valence-corrected chi connectivity index (χ2v) is 7.07. The number of rotatable bonds is 6. The van der Waals surface area contributed by atoms with E-state index in [1.165, 1.54) is 16.7 Å². The lowest BCUT2D eigenvalue weighted by molar-refractivity contribution is 0.0710. The maximum Gasteiger partial charge on any atom is 0.0602 e. The minimum atomic E-state index is 0.323. The first-order valence-corrected chi connectivity index (χ1v) is 9.76. The van der Waals surface area contributed by atoms with Gasteiger partial charge in [-0.15, -0.1) is 0 Å².